The molecule has 32 heavy (non-hydrogen) atoms. The van der Waals surface area contributed by atoms with E-state index >= 15 is 0 Å². The number of hydrogen-bond donors (Lipinski definition) is 2. The van der Waals surface area contributed by atoms with Gasteiger partial charge in [0.05, 0.1) is 17.6 Å². The SMILES string of the molecule is CC1(C)CCCCC(C(=O)CSC2CC(=O)N(CCC(=O)NCCOCC(N)=O)C2=O)C1. The van der Waals surface area contributed by atoms with Gasteiger partial charge in [-0.25, -0.2) is 0 Å². The van der Waals surface area contributed by atoms with Crippen molar-refractivity contribution in [2.75, 3.05) is 32.1 Å². The van der Waals surface area contributed by atoms with Crippen LogP contribution in [-0.2, 0) is 28.7 Å². The number of rotatable bonds is 12. The maximum absolute atomic E-state index is 12.7. The smallest absolute Gasteiger partial charge is 0.243 e. The van der Waals surface area contributed by atoms with Gasteiger partial charge in [-0.3, -0.25) is 28.9 Å². The minimum absolute atomic E-state index is 0.00740. The first-order valence-electron chi connectivity index (χ1n) is 11.2. The van der Waals surface area contributed by atoms with Crippen LogP contribution >= 0.6 is 11.8 Å². The lowest BCUT2D eigenvalue weighted by atomic mass is 9.80. The van der Waals surface area contributed by atoms with Crippen LogP contribution in [0.25, 0.3) is 0 Å². The Bertz CT molecular complexity index is 726. The number of likely N-dealkylation sites (tertiary alicyclic amines) is 1. The van der Waals surface area contributed by atoms with Gasteiger partial charge in [-0.2, -0.15) is 0 Å². The number of carbonyl (C=O) groups excluding carboxylic acids is 5. The van der Waals surface area contributed by atoms with Crippen molar-refractivity contribution in [3.63, 3.8) is 0 Å². The fourth-order valence-corrected chi connectivity index (χ4v) is 5.33. The topological polar surface area (TPSA) is 136 Å². The van der Waals surface area contributed by atoms with Gasteiger partial charge in [-0.1, -0.05) is 26.7 Å². The van der Waals surface area contributed by atoms with Gasteiger partial charge in [-0.15, -0.1) is 11.8 Å². The predicted octanol–water partition coefficient (Wildman–Crippen LogP) is 1.03. The molecule has 0 spiro atoms. The highest BCUT2D eigenvalue weighted by atomic mass is 32.2. The largest absolute Gasteiger partial charge is 0.370 e. The molecule has 0 radical (unpaired) electrons. The average molecular weight is 470 g/mol. The number of ether oxygens (including phenoxy) is 1. The lowest BCUT2D eigenvalue weighted by Crippen LogP contribution is -2.36. The van der Waals surface area contributed by atoms with Crippen LogP contribution in [0, 0.1) is 11.3 Å². The number of nitrogens with two attached hydrogens (primary N) is 1. The van der Waals surface area contributed by atoms with Crippen LogP contribution in [0.15, 0.2) is 0 Å². The molecule has 1 saturated carbocycles. The molecule has 0 aromatic carbocycles. The molecule has 4 amide bonds. The Labute approximate surface area is 193 Å². The first kappa shape index (κ1) is 26.3. The van der Waals surface area contributed by atoms with Gasteiger partial charge >= 0.3 is 0 Å². The van der Waals surface area contributed by atoms with Crippen LogP contribution in [0.4, 0.5) is 0 Å². The quantitative estimate of drug-likeness (QED) is 0.247. The number of nitrogens with one attached hydrogen (secondary N) is 1. The minimum Gasteiger partial charge on any atom is -0.370 e. The lowest BCUT2D eigenvalue weighted by molar-refractivity contribution is -0.138. The molecule has 180 valence electrons. The zero-order chi connectivity index (χ0) is 23.7. The van der Waals surface area contributed by atoms with Crippen LogP contribution in [0.2, 0.25) is 0 Å². The van der Waals surface area contributed by atoms with Crippen LogP contribution in [0.1, 0.15) is 58.8 Å². The number of amides is 4. The summed E-state index contributed by atoms with van der Waals surface area (Å²) in [5.74, 6) is -1.12. The zero-order valence-corrected chi connectivity index (χ0v) is 19.8. The van der Waals surface area contributed by atoms with Gasteiger partial charge < -0.3 is 15.8 Å². The van der Waals surface area contributed by atoms with Crippen molar-refractivity contribution in [1.82, 2.24) is 10.2 Å². The highest BCUT2D eigenvalue weighted by Crippen LogP contribution is 2.38. The molecule has 10 heteroatoms. The third-order valence-electron chi connectivity index (χ3n) is 5.92. The summed E-state index contributed by atoms with van der Waals surface area (Å²) in [6, 6.07) is 0. The van der Waals surface area contributed by atoms with Gasteiger partial charge in [0.15, 0.2) is 0 Å². The molecule has 0 aromatic heterocycles. The van der Waals surface area contributed by atoms with Crippen molar-refractivity contribution in [3.05, 3.63) is 0 Å². The van der Waals surface area contributed by atoms with Crippen LogP contribution in [-0.4, -0.2) is 71.6 Å². The van der Waals surface area contributed by atoms with E-state index in [0.29, 0.717) is 0 Å². The molecule has 1 saturated heterocycles. The van der Waals surface area contributed by atoms with E-state index in [2.05, 4.69) is 19.2 Å². The molecule has 2 fully saturated rings. The fourth-order valence-electron chi connectivity index (χ4n) is 4.20. The summed E-state index contributed by atoms with van der Waals surface area (Å²) in [6.45, 7) is 4.54. The second kappa shape index (κ2) is 12.3. The number of imide groups is 1. The molecule has 1 heterocycles. The van der Waals surface area contributed by atoms with Gasteiger partial charge in [-0.05, 0) is 24.7 Å². The first-order chi connectivity index (χ1) is 15.1. The Kier molecular flexibility index (Phi) is 10.1. The van der Waals surface area contributed by atoms with Crippen LogP contribution in [0.5, 0.6) is 0 Å². The molecular formula is C22H35N3O6S. The third kappa shape index (κ3) is 8.54. The van der Waals surface area contributed by atoms with E-state index in [1.165, 1.54) is 11.8 Å². The van der Waals surface area contributed by atoms with E-state index in [0.717, 1.165) is 37.0 Å². The van der Waals surface area contributed by atoms with Gasteiger partial charge in [0.1, 0.15) is 12.4 Å². The highest BCUT2D eigenvalue weighted by molar-refractivity contribution is 8.01. The molecule has 1 aliphatic heterocycles. The van der Waals surface area contributed by atoms with E-state index in [1.807, 2.05) is 0 Å². The molecule has 2 aliphatic rings. The van der Waals surface area contributed by atoms with Crippen LogP contribution < -0.4 is 11.1 Å². The lowest BCUT2D eigenvalue weighted by Gasteiger charge is -2.25. The Morgan fingerprint density at radius 1 is 1.25 bits per heavy atom. The van der Waals surface area contributed by atoms with E-state index in [4.69, 9.17) is 10.5 Å². The molecule has 3 N–H and O–H groups in total. The minimum atomic E-state index is -0.588. The zero-order valence-electron chi connectivity index (χ0n) is 19.0. The number of thioether (sulfide) groups is 1. The third-order valence-corrected chi connectivity index (χ3v) is 7.14. The van der Waals surface area contributed by atoms with E-state index < -0.39 is 11.2 Å². The molecule has 0 bridgehead atoms. The molecule has 2 rings (SSSR count). The summed E-state index contributed by atoms with van der Waals surface area (Å²) in [7, 11) is 0. The Morgan fingerprint density at radius 2 is 2.00 bits per heavy atom. The predicted molar refractivity (Wildman–Crippen MR) is 121 cm³/mol. The van der Waals surface area contributed by atoms with Gasteiger partial charge in [0.25, 0.3) is 0 Å². The summed E-state index contributed by atoms with van der Waals surface area (Å²) in [5.41, 5.74) is 5.10. The summed E-state index contributed by atoms with van der Waals surface area (Å²) in [4.78, 5) is 61.2. The summed E-state index contributed by atoms with van der Waals surface area (Å²) >= 11 is 1.25. The molecule has 2 atom stereocenters. The van der Waals surface area contributed by atoms with E-state index in [1.54, 1.807) is 0 Å². The highest BCUT2D eigenvalue weighted by Gasteiger charge is 2.39. The summed E-state index contributed by atoms with van der Waals surface area (Å²) < 4.78 is 4.94. The Morgan fingerprint density at radius 3 is 2.72 bits per heavy atom. The number of hydrogen-bond acceptors (Lipinski definition) is 7. The molecule has 0 aromatic rings. The van der Waals surface area contributed by atoms with Gasteiger partial charge in [0, 0.05) is 31.8 Å². The number of Topliss-reactive ketones (excluding diaryl/α,β-unsaturated/α-hetero) is 1. The fraction of sp³-hybridized carbons (Fsp3) is 0.773. The number of primary amides is 1. The molecule has 2 unspecified atom stereocenters. The van der Waals surface area contributed by atoms with Gasteiger partial charge in [0.2, 0.25) is 23.6 Å². The molecule has 1 aliphatic carbocycles. The molecular weight excluding hydrogens is 434 g/mol. The van der Waals surface area contributed by atoms with Crippen LogP contribution in [0.3, 0.4) is 0 Å². The van der Waals surface area contributed by atoms with Crippen molar-refractivity contribution in [2.24, 2.45) is 17.1 Å². The normalized spacial score (nSPS) is 23.1. The number of carbonyl (C=O) groups is 5. The standard InChI is InChI=1S/C22H35N3O6S/c1-22(2)7-4-3-5-15(12-22)16(26)14-32-17-11-20(29)25(21(17)30)9-6-19(28)24-8-10-31-13-18(23)27/h15,17H,3-14H2,1-2H3,(H2,23,27)(H,24,28). The maximum atomic E-state index is 12.7. The number of ketones is 1. The Balaban J connectivity index is 1.72. The van der Waals surface area contributed by atoms with Crippen molar-refractivity contribution < 1.29 is 28.7 Å². The first-order valence-corrected chi connectivity index (χ1v) is 12.3. The van der Waals surface area contributed by atoms with Crippen molar-refractivity contribution in [2.45, 2.75) is 64.0 Å². The monoisotopic (exact) mass is 469 g/mol. The maximum Gasteiger partial charge on any atom is 0.243 e. The summed E-state index contributed by atoms with van der Waals surface area (Å²) in [5, 5.41) is 2.03. The van der Waals surface area contributed by atoms with Crippen molar-refractivity contribution in [1.29, 1.82) is 0 Å². The molecule has 9 nitrogen and oxygen atoms in total. The van der Waals surface area contributed by atoms with E-state index in [-0.39, 0.29) is 79.7 Å². The number of nitrogens with zero attached hydrogens (tertiary/aromatic N) is 1. The summed E-state index contributed by atoms with van der Waals surface area (Å²) in [6.07, 6.45) is 5.15. The van der Waals surface area contributed by atoms with Crippen molar-refractivity contribution in [3.8, 4) is 0 Å². The van der Waals surface area contributed by atoms with E-state index in [9.17, 15) is 24.0 Å². The average Bonchev–Trinajstić information content (AvgIpc) is 2.85. The second-order valence-electron chi connectivity index (χ2n) is 9.28. The van der Waals surface area contributed by atoms with Crippen molar-refractivity contribution >= 4 is 41.2 Å². The second-order valence-corrected chi connectivity index (χ2v) is 10.5. The Hall–Kier alpha value is -1.94.